The van der Waals surface area contributed by atoms with Crippen LogP contribution in [-0.2, 0) is 11.3 Å². The van der Waals surface area contributed by atoms with Gasteiger partial charge in [0.2, 0.25) is 0 Å². The molecule has 0 saturated carbocycles. The Labute approximate surface area is 154 Å². The fourth-order valence-electron chi connectivity index (χ4n) is 3.55. The van der Waals surface area contributed by atoms with Crippen molar-refractivity contribution in [2.75, 3.05) is 13.1 Å². The highest BCUT2D eigenvalue weighted by Crippen LogP contribution is 2.32. The molecule has 3 N–H and O–H groups in total. The maximum Gasteiger partial charge on any atom is 0.323 e. The van der Waals surface area contributed by atoms with E-state index in [1.165, 1.54) is 6.07 Å². The second-order valence-electron chi connectivity index (χ2n) is 6.89. The number of aliphatic carboxylic acids is 1. The number of unbranched alkanes of at least 4 members (excludes halogenated alkanes) is 1. The van der Waals surface area contributed by atoms with Crippen LogP contribution in [0.5, 0.6) is 0 Å². The molecular weight excluding hydrogens is 341 g/mol. The lowest BCUT2D eigenvalue weighted by Gasteiger charge is -2.40. The molecule has 25 heavy (non-hydrogen) atoms. The maximum absolute atomic E-state index is 13.5. The number of nitrogens with zero attached hydrogens (tertiary/aromatic N) is 1. The van der Waals surface area contributed by atoms with Crippen molar-refractivity contribution in [1.29, 1.82) is 0 Å². The zero-order valence-corrected chi connectivity index (χ0v) is 15.1. The van der Waals surface area contributed by atoms with Crippen LogP contribution in [-0.4, -0.2) is 42.5 Å². The van der Waals surface area contributed by atoms with Gasteiger partial charge in [-0.3, -0.25) is 9.69 Å². The van der Waals surface area contributed by atoms with Crippen LogP contribution < -0.4 is 5.73 Å². The SMILES string of the molecule is [B]CCCCC(N)(C(=O)O)C1CCN(Cc2ccc(Cl)c(F)c2)CC1. The van der Waals surface area contributed by atoms with Gasteiger partial charge in [0.15, 0.2) is 0 Å². The number of nitrogens with two attached hydrogens (primary N) is 1. The van der Waals surface area contributed by atoms with Crippen LogP contribution in [0.1, 0.15) is 37.7 Å². The molecule has 0 spiro atoms. The number of carbonyl (C=O) groups is 1. The van der Waals surface area contributed by atoms with Gasteiger partial charge in [-0.05, 0) is 56.0 Å². The first-order valence-electron chi connectivity index (χ1n) is 8.75. The summed E-state index contributed by atoms with van der Waals surface area (Å²) in [6, 6.07) is 4.83. The van der Waals surface area contributed by atoms with Gasteiger partial charge in [-0.25, -0.2) is 4.39 Å². The van der Waals surface area contributed by atoms with E-state index in [4.69, 9.17) is 25.2 Å². The van der Waals surface area contributed by atoms with Gasteiger partial charge in [0.05, 0.1) is 12.9 Å². The van der Waals surface area contributed by atoms with Gasteiger partial charge in [-0.1, -0.05) is 36.8 Å². The number of piperidine rings is 1. The van der Waals surface area contributed by atoms with Crippen molar-refractivity contribution in [3.8, 4) is 0 Å². The van der Waals surface area contributed by atoms with Crippen LogP contribution in [0, 0.1) is 11.7 Å². The zero-order valence-electron chi connectivity index (χ0n) is 14.4. The lowest BCUT2D eigenvalue weighted by Crippen LogP contribution is -2.56. The summed E-state index contributed by atoms with van der Waals surface area (Å²) in [7, 11) is 5.49. The predicted molar refractivity (Wildman–Crippen MR) is 98.4 cm³/mol. The molecule has 1 aromatic rings. The van der Waals surface area contributed by atoms with E-state index in [9.17, 15) is 14.3 Å². The molecule has 0 amide bonds. The molecule has 4 nitrogen and oxygen atoms in total. The van der Waals surface area contributed by atoms with Gasteiger partial charge in [0, 0.05) is 6.54 Å². The predicted octanol–water partition coefficient (Wildman–Crippen LogP) is 3.23. The van der Waals surface area contributed by atoms with E-state index in [1.54, 1.807) is 6.07 Å². The summed E-state index contributed by atoms with van der Waals surface area (Å²) in [6.45, 7) is 2.12. The molecule has 2 radical (unpaired) electrons. The Hall–Kier alpha value is -1.11. The fraction of sp³-hybridized carbons (Fsp3) is 0.611. The molecule has 1 aliphatic heterocycles. The van der Waals surface area contributed by atoms with Crippen molar-refractivity contribution in [3.05, 3.63) is 34.6 Å². The third-order valence-electron chi connectivity index (χ3n) is 5.15. The number of benzene rings is 1. The summed E-state index contributed by atoms with van der Waals surface area (Å²) < 4.78 is 13.5. The van der Waals surface area contributed by atoms with E-state index < -0.39 is 17.3 Å². The molecule has 1 saturated heterocycles. The van der Waals surface area contributed by atoms with E-state index in [0.717, 1.165) is 44.3 Å². The highest BCUT2D eigenvalue weighted by molar-refractivity contribution is 6.30. The van der Waals surface area contributed by atoms with Crippen molar-refractivity contribution in [2.24, 2.45) is 11.7 Å². The molecule has 1 aliphatic rings. The summed E-state index contributed by atoms with van der Waals surface area (Å²) in [4.78, 5) is 13.9. The first kappa shape index (κ1) is 20.2. The third-order valence-corrected chi connectivity index (χ3v) is 5.46. The lowest BCUT2D eigenvalue weighted by molar-refractivity contribution is -0.147. The van der Waals surface area contributed by atoms with Gasteiger partial charge in [0.1, 0.15) is 11.4 Å². The standard InChI is InChI=1S/C18H25BClFN2O2/c19-8-2-1-7-18(22,17(24)25)14-5-9-23(10-6-14)12-13-3-4-15(20)16(21)11-13/h3-4,11,14H,1-2,5-10,12,22H2,(H,24,25). The molecule has 2 rings (SSSR count). The van der Waals surface area contributed by atoms with E-state index in [1.807, 2.05) is 6.07 Å². The van der Waals surface area contributed by atoms with E-state index in [0.29, 0.717) is 19.3 Å². The number of hydrogen-bond acceptors (Lipinski definition) is 3. The van der Waals surface area contributed by atoms with Gasteiger partial charge < -0.3 is 10.8 Å². The van der Waals surface area contributed by atoms with Gasteiger partial charge in [-0.2, -0.15) is 0 Å². The largest absolute Gasteiger partial charge is 0.480 e. The number of halogens is 2. The fourth-order valence-corrected chi connectivity index (χ4v) is 3.67. The van der Waals surface area contributed by atoms with Crippen molar-refractivity contribution >= 4 is 25.4 Å². The van der Waals surface area contributed by atoms with Gasteiger partial charge in [-0.15, -0.1) is 0 Å². The Morgan fingerprint density at radius 1 is 1.40 bits per heavy atom. The summed E-state index contributed by atoms with van der Waals surface area (Å²) >= 11 is 5.71. The van der Waals surface area contributed by atoms with Gasteiger partial charge in [0.25, 0.3) is 0 Å². The number of rotatable bonds is 8. The molecule has 0 aliphatic carbocycles. The normalized spacial score (nSPS) is 18.8. The van der Waals surface area contributed by atoms with Crippen molar-refractivity contribution in [3.63, 3.8) is 0 Å². The molecule has 0 aromatic heterocycles. The Bertz CT molecular complexity index is 596. The van der Waals surface area contributed by atoms with E-state index >= 15 is 0 Å². The number of likely N-dealkylation sites (tertiary alicyclic amines) is 1. The monoisotopic (exact) mass is 366 g/mol. The van der Waals surface area contributed by atoms with Crippen molar-refractivity contribution in [2.45, 2.75) is 50.5 Å². The molecule has 1 unspecified atom stereocenters. The summed E-state index contributed by atoms with van der Waals surface area (Å²) in [5.74, 6) is -1.40. The van der Waals surface area contributed by atoms with Crippen LogP contribution in [0.25, 0.3) is 0 Å². The third kappa shape index (κ3) is 5.19. The maximum atomic E-state index is 13.5. The van der Waals surface area contributed by atoms with Crippen LogP contribution in [0.3, 0.4) is 0 Å². The quantitative estimate of drug-likeness (QED) is 0.547. The summed E-state index contributed by atoms with van der Waals surface area (Å²) in [5.41, 5.74) is 5.94. The van der Waals surface area contributed by atoms with E-state index in [2.05, 4.69) is 4.90 Å². The van der Waals surface area contributed by atoms with Crippen LogP contribution >= 0.6 is 11.6 Å². The Morgan fingerprint density at radius 3 is 2.64 bits per heavy atom. The number of carboxylic acid groups (broad SMARTS) is 1. The molecule has 1 fully saturated rings. The molecule has 1 atom stereocenters. The molecule has 1 aromatic carbocycles. The van der Waals surface area contributed by atoms with Crippen LogP contribution in [0.2, 0.25) is 11.3 Å². The average molecular weight is 367 g/mol. The summed E-state index contributed by atoms with van der Waals surface area (Å²) in [5, 5.41) is 9.74. The second kappa shape index (κ2) is 9.01. The minimum absolute atomic E-state index is 0.0546. The highest BCUT2D eigenvalue weighted by Gasteiger charge is 2.42. The number of carboxylic acids is 1. The average Bonchev–Trinajstić information content (AvgIpc) is 2.59. The molecule has 136 valence electrons. The Morgan fingerprint density at radius 2 is 2.08 bits per heavy atom. The topological polar surface area (TPSA) is 66.6 Å². The zero-order chi connectivity index (χ0) is 18.4. The first-order valence-corrected chi connectivity index (χ1v) is 9.13. The minimum Gasteiger partial charge on any atom is -0.480 e. The summed E-state index contributed by atoms with van der Waals surface area (Å²) in [6.07, 6.45) is 3.96. The molecule has 0 bridgehead atoms. The van der Waals surface area contributed by atoms with Crippen LogP contribution in [0.4, 0.5) is 4.39 Å². The second-order valence-corrected chi connectivity index (χ2v) is 7.30. The highest BCUT2D eigenvalue weighted by atomic mass is 35.5. The smallest absolute Gasteiger partial charge is 0.323 e. The first-order chi connectivity index (χ1) is 11.9. The lowest BCUT2D eigenvalue weighted by atomic mass is 9.75. The van der Waals surface area contributed by atoms with Crippen LogP contribution in [0.15, 0.2) is 18.2 Å². The Balaban J connectivity index is 1.92. The molecule has 7 heteroatoms. The van der Waals surface area contributed by atoms with Crippen molar-refractivity contribution < 1.29 is 14.3 Å². The van der Waals surface area contributed by atoms with Gasteiger partial charge >= 0.3 is 5.97 Å². The van der Waals surface area contributed by atoms with E-state index in [-0.39, 0.29) is 10.9 Å². The van der Waals surface area contributed by atoms with Crippen molar-refractivity contribution in [1.82, 2.24) is 4.90 Å². The Kier molecular flexibility index (Phi) is 7.29. The minimum atomic E-state index is -1.19. The number of hydrogen-bond donors (Lipinski definition) is 2. The molecule has 1 heterocycles. The molecular formula is C18H25BClFN2O2.